The molecule has 0 fully saturated rings. The van der Waals surface area contributed by atoms with Crippen molar-refractivity contribution in [2.45, 2.75) is 57.6 Å². The van der Waals surface area contributed by atoms with Crippen molar-refractivity contribution in [3.8, 4) is 5.75 Å². The number of pyridine rings is 1. The van der Waals surface area contributed by atoms with E-state index in [1.54, 1.807) is 41.5 Å². The molecule has 2 amide bonds. The number of rotatable bonds is 5. The third-order valence-electron chi connectivity index (χ3n) is 3.27. The van der Waals surface area contributed by atoms with E-state index in [4.69, 9.17) is 14.2 Å². The van der Waals surface area contributed by atoms with E-state index in [1.165, 1.54) is 25.6 Å². The highest BCUT2D eigenvalue weighted by Crippen LogP contribution is 2.30. The number of amides is 2. The summed E-state index contributed by atoms with van der Waals surface area (Å²) in [5.41, 5.74) is -1.78. The number of aromatic nitrogens is 1. The summed E-state index contributed by atoms with van der Waals surface area (Å²) in [4.78, 5) is 30.7. The Bertz CT molecular complexity index is 871. The predicted octanol–water partition coefficient (Wildman–Crippen LogP) is 4.62. The summed E-state index contributed by atoms with van der Waals surface area (Å²) in [6.45, 7) is 10.3. The maximum atomic E-state index is 13.1. The molecule has 170 valence electrons. The lowest BCUT2D eigenvalue weighted by Gasteiger charge is -2.29. The number of halogens is 1. The molecule has 1 atom stereocenters. The van der Waals surface area contributed by atoms with Gasteiger partial charge in [-0.15, -0.1) is 0 Å². The monoisotopic (exact) mass is 507 g/mol. The first-order valence-electron chi connectivity index (χ1n) is 9.16. The van der Waals surface area contributed by atoms with E-state index in [2.05, 4.69) is 25.3 Å². The number of hydrogen-bond acceptors (Lipinski definition) is 8. The zero-order chi connectivity index (χ0) is 23.3. The van der Waals surface area contributed by atoms with Crippen LogP contribution in [0, 0.1) is 0 Å². The summed E-state index contributed by atoms with van der Waals surface area (Å²) in [6.07, 6.45) is 0.690. The highest BCUT2D eigenvalue weighted by Gasteiger charge is 2.36. The molecule has 0 aliphatic heterocycles. The molecule has 0 N–H and O–H groups in total. The van der Waals surface area contributed by atoms with Crippen molar-refractivity contribution in [1.82, 2.24) is 4.98 Å². The minimum Gasteiger partial charge on any atom is -0.491 e. The highest BCUT2D eigenvalue weighted by atomic mass is 79.9. The van der Waals surface area contributed by atoms with Crippen LogP contribution in [-0.2, 0) is 19.2 Å². The van der Waals surface area contributed by atoms with Crippen molar-refractivity contribution in [3.63, 3.8) is 0 Å². The zero-order valence-electron chi connectivity index (χ0n) is 18.6. The number of alkyl halides is 1. The van der Waals surface area contributed by atoms with Gasteiger partial charge >= 0.3 is 12.2 Å². The van der Waals surface area contributed by atoms with Crippen molar-refractivity contribution in [2.24, 2.45) is 4.36 Å². The third-order valence-corrected chi connectivity index (χ3v) is 5.41. The second-order valence-corrected chi connectivity index (χ2v) is 11.5. The fraction of sp³-hybridized carbons (Fsp3) is 0.632. The van der Waals surface area contributed by atoms with E-state index in [9.17, 15) is 13.8 Å². The Morgan fingerprint density at radius 1 is 1.13 bits per heavy atom. The lowest BCUT2D eigenvalue weighted by molar-refractivity contribution is 0.0428. The van der Waals surface area contributed by atoms with Crippen LogP contribution < -0.4 is 9.64 Å². The van der Waals surface area contributed by atoms with Gasteiger partial charge in [0.05, 0.1) is 27.4 Å². The van der Waals surface area contributed by atoms with Crippen LogP contribution in [0.25, 0.3) is 0 Å². The maximum Gasteiger partial charge on any atom is 0.425 e. The Labute approximate surface area is 186 Å². The predicted molar refractivity (Wildman–Crippen MR) is 119 cm³/mol. The van der Waals surface area contributed by atoms with E-state index in [-0.39, 0.29) is 10.7 Å². The van der Waals surface area contributed by atoms with Gasteiger partial charge in [0.15, 0.2) is 5.82 Å². The smallest absolute Gasteiger partial charge is 0.425 e. The molecule has 1 rings (SSSR count). The molecule has 0 spiro atoms. The van der Waals surface area contributed by atoms with Gasteiger partial charge in [0.2, 0.25) is 0 Å². The normalized spacial score (nSPS) is 13.8. The summed E-state index contributed by atoms with van der Waals surface area (Å²) in [5, 5.41) is 0.575. The number of anilines is 1. The van der Waals surface area contributed by atoms with Gasteiger partial charge in [0, 0.05) is 24.7 Å². The van der Waals surface area contributed by atoms with Gasteiger partial charge in [-0.05, 0) is 41.5 Å². The standard InChI is InChI=1S/C19H30BrN3O6S/c1-18(2,3)28-16(24)23(17(25)29-19(4,5)6)15-14(30(8,26)21-7)11-13(12-22-15)27-10-9-20/h11-12H,9-10H2,1-8H3. The minimum absolute atomic E-state index is 0.0498. The quantitative estimate of drug-likeness (QED) is 0.534. The molecule has 30 heavy (non-hydrogen) atoms. The Morgan fingerprint density at radius 3 is 2.03 bits per heavy atom. The van der Waals surface area contributed by atoms with Crippen LogP contribution in [-0.4, -0.2) is 57.8 Å². The first-order valence-corrected chi connectivity index (χ1v) is 12.2. The van der Waals surface area contributed by atoms with Crippen molar-refractivity contribution >= 4 is 43.7 Å². The fourth-order valence-corrected chi connectivity index (χ4v) is 3.24. The Kier molecular flexibility index (Phi) is 8.68. The molecule has 0 aromatic carbocycles. The summed E-state index contributed by atoms with van der Waals surface area (Å²) >= 11 is 3.26. The molecule has 1 heterocycles. The molecule has 0 bridgehead atoms. The zero-order valence-corrected chi connectivity index (χ0v) is 21.0. The number of nitrogens with zero attached hydrogens (tertiary/aromatic N) is 3. The molecular formula is C19H30BrN3O6S. The summed E-state index contributed by atoms with van der Waals surface area (Å²) in [5.74, 6) is 0.127. The van der Waals surface area contributed by atoms with Gasteiger partial charge in [-0.3, -0.25) is 0 Å². The van der Waals surface area contributed by atoms with Crippen LogP contribution in [0.4, 0.5) is 15.4 Å². The van der Waals surface area contributed by atoms with Crippen LogP contribution in [0.1, 0.15) is 41.5 Å². The van der Waals surface area contributed by atoms with E-state index < -0.39 is 33.1 Å². The van der Waals surface area contributed by atoms with Crippen LogP contribution >= 0.6 is 15.9 Å². The molecule has 1 aromatic heterocycles. The Balaban J connectivity index is 3.66. The van der Waals surface area contributed by atoms with Crippen molar-refractivity contribution in [1.29, 1.82) is 0 Å². The van der Waals surface area contributed by atoms with Gasteiger partial charge in [-0.25, -0.2) is 23.1 Å². The average molecular weight is 508 g/mol. The first kappa shape index (κ1) is 26.2. The summed E-state index contributed by atoms with van der Waals surface area (Å²) < 4.78 is 33.3. The topological polar surface area (TPSA) is 107 Å². The van der Waals surface area contributed by atoms with E-state index >= 15 is 0 Å². The average Bonchev–Trinajstić information content (AvgIpc) is 2.57. The van der Waals surface area contributed by atoms with E-state index in [0.717, 1.165) is 0 Å². The molecule has 0 radical (unpaired) electrons. The van der Waals surface area contributed by atoms with Gasteiger partial charge in [-0.2, -0.15) is 4.90 Å². The number of ether oxygens (including phenoxy) is 3. The highest BCUT2D eigenvalue weighted by molar-refractivity contribution is 9.09. The van der Waals surface area contributed by atoms with Crippen molar-refractivity contribution < 1.29 is 28.0 Å². The minimum atomic E-state index is -3.01. The number of hydrogen-bond donors (Lipinski definition) is 0. The third kappa shape index (κ3) is 7.75. The largest absolute Gasteiger partial charge is 0.491 e. The lowest BCUT2D eigenvalue weighted by atomic mass is 10.2. The molecule has 0 saturated heterocycles. The first-order chi connectivity index (χ1) is 13.6. The molecular weight excluding hydrogens is 478 g/mol. The second kappa shape index (κ2) is 9.95. The fourth-order valence-electron chi connectivity index (χ4n) is 2.06. The van der Waals surface area contributed by atoms with Crippen molar-refractivity contribution in [2.75, 3.05) is 30.1 Å². The van der Waals surface area contributed by atoms with Gasteiger partial charge in [0.25, 0.3) is 0 Å². The van der Waals surface area contributed by atoms with Crippen LogP contribution in [0.5, 0.6) is 5.75 Å². The number of carbonyl (C=O) groups is 2. The molecule has 1 aromatic rings. The summed E-state index contributed by atoms with van der Waals surface area (Å²) in [7, 11) is -1.63. The molecule has 0 saturated carbocycles. The molecule has 11 heteroatoms. The summed E-state index contributed by atoms with van der Waals surface area (Å²) in [6, 6.07) is 1.45. The van der Waals surface area contributed by atoms with Crippen LogP contribution in [0.15, 0.2) is 21.5 Å². The number of imide groups is 1. The van der Waals surface area contributed by atoms with E-state index in [0.29, 0.717) is 22.6 Å². The Morgan fingerprint density at radius 2 is 1.63 bits per heavy atom. The van der Waals surface area contributed by atoms with Crippen LogP contribution in [0.2, 0.25) is 0 Å². The van der Waals surface area contributed by atoms with Gasteiger partial charge in [-0.1, -0.05) is 15.9 Å². The second-order valence-electron chi connectivity index (χ2n) is 8.31. The van der Waals surface area contributed by atoms with Gasteiger partial charge < -0.3 is 14.2 Å². The van der Waals surface area contributed by atoms with Gasteiger partial charge in [0.1, 0.15) is 17.0 Å². The number of carbonyl (C=O) groups excluding carboxylic acids is 2. The molecule has 0 aliphatic carbocycles. The lowest BCUT2D eigenvalue weighted by Crippen LogP contribution is -2.44. The van der Waals surface area contributed by atoms with Crippen molar-refractivity contribution in [3.05, 3.63) is 12.3 Å². The van der Waals surface area contributed by atoms with E-state index in [1.807, 2.05) is 0 Å². The molecule has 9 nitrogen and oxygen atoms in total. The molecule has 0 aliphatic rings. The SMILES string of the molecule is CN=S(C)(=O)c1cc(OCCBr)cnc1N(C(=O)OC(C)(C)C)C(=O)OC(C)(C)C. The maximum absolute atomic E-state index is 13.1. The Hall–Kier alpha value is -1.88. The molecule has 1 unspecified atom stereocenters. The van der Waals surface area contributed by atoms with Crippen LogP contribution in [0.3, 0.4) is 0 Å².